The molecular formula is C28H40N5O4+. The summed E-state index contributed by atoms with van der Waals surface area (Å²) in [6.07, 6.45) is 3.61. The summed E-state index contributed by atoms with van der Waals surface area (Å²) in [6.45, 7) is 14.0. The smallest absolute Gasteiger partial charge is 0.482 e. The Balaban J connectivity index is 1.59. The Morgan fingerprint density at radius 1 is 1.19 bits per heavy atom. The molecule has 2 aromatic rings. The van der Waals surface area contributed by atoms with E-state index in [9.17, 15) is 9.59 Å². The molecule has 1 aromatic carbocycles. The van der Waals surface area contributed by atoms with Gasteiger partial charge in [0, 0.05) is 26.7 Å². The van der Waals surface area contributed by atoms with Crippen LogP contribution < -0.4 is 10.1 Å². The van der Waals surface area contributed by atoms with Crippen LogP contribution in [0.2, 0.25) is 0 Å². The molecule has 1 saturated carbocycles. The van der Waals surface area contributed by atoms with Crippen LogP contribution in [0.4, 0.5) is 4.79 Å². The normalized spacial score (nSPS) is 17.5. The molecule has 1 fully saturated rings. The van der Waals surface area contributed by atoms with E-state index in [1.54, 1.807) is 11.6 Å². The fourth-order valence-corrected chi connectivity index (χ4v) is 4.49. The zero-order chi connectivity index (χ0) is 26.9. The van der Waals surface area contributed by atoms with Gasteiger partial charge >= 0.3 is 6.09 Å². The number of aryl methyl sites for hydroxylation is 2. The van der Waals surface area contributed by atoms with Gasteiger partial charge in [-0.2, -0.15) is 9.89 Å². The first-order valence-electron chi connectivity index (χ1n) is 13.1. The Kier molecular flexibility index (Phi) is 7.73. The van der Waals surface area contributed by atoms with E-state index in [0.717, 1.165) is 35.4 Å². The zero-order valence-corrected chi connectivity index (χ0v) is 23.1. The third kappa shape index (κ3) is 6.57. The molecule has 2 amide bonds. The van der Waals surface area contributed by atoms with E-state index in [2.05, 4.69) is 10.2 Å². The molecule has 0 bridgehead atoms. The number of hydrogen-bond donors (Lipinski definition) is 1. The van der Waals surface area contributed by atoms with Gasteiger partial charge in [0.15, 0.2) is 18.4 Å². The van der Waals surface area contributed by atoms with E-state index in [0.29, 0.717) is 43.5 Å². The van der Waals surface area contributed by atoms with Gasteiger partial charge < -0.3 is 14.8 Å². The summed E-state index contributed by atoms with van der Waals surface area (Å²) < 4.78 is 15.9. The third-order valence-corrected chi connectivity index (χ3v) is 6.81. The first-order chi connectivity index (χ1) is 17.4. The van der Waals surface area contributed by atoms with Crippen LogP contribution in [0.15, 0.2) is 24.4 Å². The fourth-order valence-electron chi connectivity index (χ4n) is 4.49. The van der Waals surface area contributed by atoms with Crippen molar-refractivity contribution in [2.24, 2.45) is 0 Å². The summed E-state index contributed by atoms with van der Waals surface area (Å²) in [7, 11) is 1.62. The Morgan fingerprint density at radius 3 is 2.51 bits per heavy atom. The van der Waals surface area contributed by atoms with Crippen molar-refractivity contribution in [2.75, 3.05) is 33.2 Å². The molecule has 2 heterocycles. The summed E-state index contributed by atoms with van der Waals surface area (Å²) in [6, 6.07) is 6.28. The first kappa shape index (κ1) is 26.9. The lowest BCUT2D eigenvalue weighted by Gasteiger charge is -2.29. The predicted molar refractivity (Wildman–Crippen MR) is 142 cm³/mol. The lowest BCUT2D eigenvalue weighted by molar-refractivity contribution is -0.458. The summed E-state index contributed by atoms with van der Waals surface area (Å²) in [4.78, 5) is 27.6. The quantitative estimate of drug-likeness (QED) is 0.566. The summed E-state index contributed by atoms with van der Waals surface area (Å²) in [5, 5.41) is 7.57. The minimum atomic E-state index is -0.539. The maximum absolute atomic E-state index is 12.7. The van der Waals surface area contributed by atoms with Crippen LogP contribution in [-0.2, 0) is 4.74 Å². The Labute approximate surface area is 219 Å². The molecule has 2 aliphatic rings. The van der Waals surface area contributed by atoms with Crippen molar-refractivity contribution in [2.45, 2.75) is 72.1 Å². The lowest BCUT2D eigenvalue weighted by atomic mass is 10.0. The molecule has 1 N–H and O–H groups in total. The average molecular weight is 511 g/mol. The number of benzene rings is 1. The minimum Gasteiger partial charge on any atom is -0.482 e. The second-order valence-corrected chi connectivity index (χ2v) is 11.2. The predicted octanol–water partition coefficient (Wildman–Crippen LogP) is 4.04. The molecule has 4 rings (SSSR count). The monoisotopic (exact) mass is 510 g/mol. The molecule has 0 spiro atoms. The highest BCUT2D eigenvalue weighted by Gasteiger charge is 2.34. The van der Waals surface area contributed by atoms with Gasteiger partial charge in [0.25, 0.3) is 5.91 Å². The maximum Gasteiger partial charge on any atom is 0.596 e. The standard InChI is InChI=1S/C28H39N5O4/c1-18-14-22(26(34)29-7)24(15-19(18)2)36-25(23-10-11-33(30-23)21-8-9-21)17-31-12-13-32(20(3)16-31)27(35)37-28(4,5)6/h10-11,14-15,21,25H,8-9,12-13,16-17H2,1-7H3/p+1. The number of carbonyl (C=O) groups is 2. The zero-order valence-electron chi connectivity index (χ0n) is 23.1. The topological polar surface area (TPSA) is 88.7 Å². The highest BCUT2D eigenvalue weighted by atomic mass is 16.6. The van der Waals surface area contributed by atoms with Crippen LogP contribution in [0.3, 0.4) is 0 Å². The van der Waals surface area contributed by atoms with Gasteiger partial charge in [-0.15, -0.1) is 4.58 Å². The molecule has 9 heteroatoms. The van der Waals surface area contributed by atoms with Crippen LogP contribution in [0, 0.1) is 13.8 Å². The molecule has 1 atom stereocenters. The second kappa shape index (κ2) is 10.7. The van der Waals surface area contributed by atoms with E-state index < -0.39 is 5.60 Å². The second-order valence-electron chi connectivity index (χ2n) is 11.2. The van der Waals surface area contributed by atoms with E-state index in [1.165, 1.54) is 0 Å². The molecule has 37 heavy (non-hydrogen) atoms. The third-order valence-electron chi connectivity index (χ3n) is 6.81. The molecule has 1 unspecified atom stereocenters. The van der Waals surface area contributed by atoms with Crippen molar-refractivity contribution in [1.82, 2.24) is 20.0 Å². The van der Waals surface area contributed by atoms with Crippen molar-refractivity contribution in [3.63, 3.8) is 0 Å². The fraction of sp³-hybridized carbons (Fsp3) is 0.571. The van der Waals surface area contributed by atoms with Crippen molar-refractivity contribution in [3.8, 4) is 5.75 Å². The van der Waals surface area contributed by atoms with Crippen molar-refractivity contribution in [1.29, 1.82) is 0 Å². The average Bonchev–Trinajstić information content (AvgIpc) is 3.55. The van der Waals surface area contributed by atoms with Crippen molar-refractivity contribution < 1.29 is 23.6 Å². The number of aromatic nitrogens is 2. The molecular weight excluding hydrogens is 470 g/mol. The highest BCUT2D eigenvalue weighted by Crippen LogP contribution is 2.35. The highest BCUT2D eigenvalue weighted by molar-refractivity contribution is 5.97. The number of carbonyl (C=O) groups excluding carboxylic acids is 2. The van der Waals surface area contributed by atoms with Crippen molar-refractivity contribution >= 4 is 17.7 Å². The van der Waals surface area contributed by atoms with Gasteiger partial charge in [-0.25, -0.2) is 0 Å². The Morgan fingerprint density at radius 2 is 1.89 bits per heavy atom. The van der Waals surface area contributed by atoms with Crippen LogP contribution in [0.25, 0.3) is 0 Å². The van der Waals surface area contributed by atoms with Gasteiger partial charge in [0.1, 0.15) is 17.0 Å². The van der Waals surface area contributed by atoms with Crippen LogP contribution in [0.1, 0.15) is 79.9 Å². The molecule has 200 valence electrons. The van der Waals surface area contributed by atoms with Gasteiger partial charge in [-0.1, -0.05) is 0 Å². The Bertz CT molecular complexity index is 1210. The molecule has 9 nitrogen and oxygen atoms in total. The lowest BCUT2D eigenvalue weighted by Crippen LogP contribution is -2.48. The Hall–Kier alpha value is -3.20. The first-order valence-corrected chi connectivity index (χ1v) is 13.1. The molecule has 1 aliphatic heterocycles. The number of ether oxygens (including phenoxy) is 2. The number of nitrogens with zero attached hydrogens (tertiary/aromatic N) is 4. The van der Waals surface area contributed by atoms with Crippen LogP contribution in [0.5, 0.6) is 5.75 Å². The van der Waals surface area contributed by atoms with Crippen molar-refractivity contribution in [3.05, 3.63) is 46.8 Å². The summed E-state index contributed by atoms with van der Waals surface area (Å²) in [5.41, 5.74) is 3.82. The number of rotatable bonds is 7. The maximum atomic E-state index is 12.7. The summed E-state index contributed by atoms with van der Waals surface area (Å²) in [5.74, 6) is 0.358. The largest absolute Gasteiger partial charge is 0.596 e. The molecule has 0 saturated heterocycles. The molecule has 0 radical (unpaired) electrons. The number of amides is 2. The van der Waals surface area contributed by atoms with Gasteiger partial charge in [0.2, 0.25) is 0 Å². The van der Waals surface area contributed by atoms with E-state index in [4.69, 9.17) is 14.6 Å². The van der Waals surface area contributed by atoms with E-state index in [1.807, 2.05) is 70.6 Å². The van der Waals surface area contributed by atoms with Gasteiger partial charge in [-0.3, -0.25) is 14.4 Å². The number of hydrogen-bond acceptors (Lipinski definition) is 6. The van der Waals surface area contributed by atoms with E-state index >= 15 is 0 Å². The summed E-state index contributed by atoms with van der Waals surface area (Å²) >= 11 is 0. The van der Waals surface area contributed by atoms with E-state index in [-0.39, 0.29) is 18.1 Å². The van der Waals surface area contributed by atoms with Gasteiger partial charge in [0.05, 0.1) is 24.7 Å². The number of nitrogens with one attached hydrogen (secondary N) is 1. The molecule has 1 aromatic heterocycles. The van der Waals surface area contributed by atoms with Crippen LogP contribution in [-0.4, -0.2) is 75.8 Å². The SMILES string of the molecule is CNC(=O)c1cc(C)c(C)cc1OC(CN1CC[N+](C(=O)OC(C)(C)C)=C(C)C1)c1ccn(C2CC2)n1. The molecule has 1 aliphatic carbocycles. The minimum absolute atomic E-state index is 0.185. The van der Waals surface area contributed by atoms with Crippen LogP contribution >= 0.6 is 0 Å². The van der Waals surface area contributed by atoms with Gasteiger partial charge in [-0.05, 0) is 76.8 Å².